The zero-order valence-electron chi connectivity index (χ0n) is 11.8. The van der Waals surface area contributed by atoms with Crippen LogP contribution in [0.4, 0.5) is 4.79 Å². The van der Waals surface area contributed by atoms with Gasteiger partial charge in [0.15, 0.2) is 0 Å². The summed E-state index contributed by atoms with van der Waals surface area (Å²) < 4.78 is 0. The Kier molecular flexibility index (Phi) is 3.90. The summed E-state index contributed by atoms with van der Waals surface area (Å²) in [6, 6.07) is 9.50. The normalized spacial score (nSPS) is 15.2. The molecule has 0 bridgehead atoms. The van der Waals surface area contributed by atoms with Crippen LogP contribution in [-0.2, 0) is 6.54 Å². The van der Waals surface area contributed by atoms with Gasteiger partial charge in [0, 0.05) is 23.7 Å². The minimum Gasteiger partial charge on any atom is -0.335 e. The van der Waals surface area contributed by atoms with E-state index in [9.17, 15) is 9.59 Å². The molecular weight excluding hydrogens is 266 g/mol. The predicted molar refractivity (Wildman–Crippen MR) is 82.2 cm³/mol. The molecule has 110 valence electrons. The molecule has 5 heteroatoms. The number of nitrogens with one attached hydrogen (secondary N) is 3. The van der Waals surface area contributed by atoms with Crippen LogP contribution in [0.5, 0.6) is 0 Å². The molecule has 2 aromatic rings. The molecular formula is C16H19N3O2. The van der Waals surface area contributed by atoms with E-state index in [1.54, 1.807) is 0 Å². The van der Waals surface area contributed by atoms with Crippen LogP contribution in [0.2, 0.25) is 0 Å². The molecule has 5 nitrogen and oxygen atoms in total. The Morgan fingerprint density at radius 1 is 1.24 bits per heavy atom. The first-order chi connectivity index (χ1) is 10.2. The van der Waals surface area contributed by atoms with Gasteiger partial charge in [-0.2, -0.15) is 0 Å². The predicted octanol–water partition coefficient (Wildman–Crippen LogP) is 2.27. The molecule has 0 atom stereocenters. The van der Waals surface area contributed by atoms with Gasteiger partial charge in [-0.15, -0.1) is 0 Å². The highest BCUT2D eigenvalue weighted by molar-refractivity contribution is 5.79. The number of hydrogen-bond donors (Lipinski definition) is 3. The monoisotopic (exact) mass is 285 g/mol. The van der Waals surface area contributed by atoms with E-state index in [-0.39, 0.29) is 24.2 Å². The Labute approximate surface area is 122 Å². The van der Waals surface area contributed by atoms with E-state index >= 15 is 0 Å². The van der Waals surface area contributed by atoms with Crippen LogP contribution >= 0.6 is 0 Å². The summed E-state index contributed by atoms with van der Waals surface area (Å²) in [5.74, 6) is 0. The molecule has 1 aromatic carbocycles. The minimum absolute atomic E-state index is 0.158. The van der Waals surface area contributed by atoms with E-state index in [0.717, 1.165) is 23.7 Å². The summed E-state index contributed by atoms with van der Waals surface area (Å²) in [6.07, 6.45) is 4.44. The lowest BCUT2D eigenvalue weighted by molar-refractivity contribution is 0.236. The van der Waals surface area contributed by atoms with Crippen molar-refractivity contribution in [3.8, 4) is 0 Å². The van der Waals surface area contributed by atoms with Gasteiger partial charge in [-0.3, -0.25) is 4.79 Å². The highest BCUT2D eigenvalue weighted by Gasteiger charge is 2.16. The van der Waals surface area contributed by atoms with E-state index < -0.39 is 0 Å². The van der Waals surface area contributed by atoms with E-state index in [2.05, 4.69) is 15.6 Å². The van der Waals surface area contributed by atoms with Crippen molar-refractivity contribution in [2.75, 3.05) is 0 Å². The fourth-order valence-corrected chi connectivity index (χ4v) is 2.81. The Hall–Kier alpha value is -2.30. The smallest absolute Gasteiger partial charge is 0.315 e. The van der Waals surface area contributed by atoms with Gasteiger partial charge in [-0.25, -0.2) is 4.79 Å². The highest BCUT2D eigenvalue weighted by Crippen LogP contribution is 2.17. The maximum atomic E-state index is 12.0. The fraction of sp³-hybridized carbons (Fsp3) is 0.375. The highest BCUT2D eigenvalue weighted by atomic mass is 16.2. The molecule has 0 radical (unpaired) electrons. The van der Waals surface area contributed by atoms with E-state index in [0.29, 0.717) is 5.56 Å². The maximum Gasteiger partial charge on any atom is 0.315 e. The SMILES string of the molecule is O=C(NCc1cc2ccccc2[nH]c1=O)NC1CCCC1. The topological polar surface area (TPSA) is 74.0 Å². The molecule has 0 saturated heterocycles. The lowest BCUT2D eigenvalue weighted by Gasteiger charge is -2.12. The number of pyridine rings is 1. The van der Waals surface area contributed by atoms with E-state index in [1.165, 1.54) is 12.8 Å². The second kappa shape index (κ2) is 5.99. The van der Waals surface area contributed by atoms with Gasteiger partial charge in [0.05, 0.1) is 0 Å². The number of carbonyl (C=O) groups excluding carboxylic acids is 1. The van der Waals surface area contributed by atoms with Crippen molar-refractivity contribution < 1.29 is 4.79 Å². The Bertz CT molecular complexity index is 702. The number of benzene rings is 1. The zero-order chi connectivity index (χ0) is 14.7. The number of aromatic nitrogens is 1. The van der Waals surface area contributed by atoms with Crippen molar-refractivity contribution in [1.82, 2.24) is 15.6 Å². The molecule has 1 saturated carbocycles. The van der Waals surface area contributed by atoms with Crippen LogP contribution < -0.4 is 16.2 Å². The number of para-hydroxylation sites is 1. The number of hydrogen-bond acceptors (Lipinski definition) is 2. The first kappa shape index (κ1) is 13.7. The van der Waals surface area contributed by atoms with E-state index in [1.807, 2.05) is 30.3 Å². The molecule has 1 aliphatic carbocycles. The standard InChI is InChI=1S/C16H19N3O2/c20-15-12(9-11-5-1-4-8-14(11)19-15)10-17-16(21)18-13-6-2-3-7-13/h1,4-5,8-9,13H,2-3,6-7,10H2,(H,19,20)(H2,17,18,21). The fourth-order valence-electron chi connectivity index (χ4n) is 2.81. The average Bonchev–Trinajstić information content (AvgIpc) is 2.98. The van der Waals surface area contributed by atoms with Crippen LogP contribution in [0, 0.1) is 0 Å². The third-order valence-electron chi connectivity index (χ3n) is 3.96. The molecule has 3 N–H and O–H groups in total. The first-order valence-electron chi connectivity index (χ1n) is 7.38. The van der Waals surface area contributed by atoms with Gasteiger partial charge in [0.25, 0.3) is 5.56 Å². The molecule has 0 unspecified atom stereocenters. The molecule has 2 amide bonds. The third kappa shape index (κ3) is 3.24. The maximum absolute atomic E-state index is 12.0. The minimum atomic E-state index is -0.200. The number of aromatic amines is 1. The molecule has 3 rings (SSSR count). The van der Waals surface area contributed by atoms with Crippen molar-refractivity contribution in [2.24, 2.45) is 0 Å². The summed E-state index contributed by atoms with van der Waals surface area (Å²) in [6.45, 7) is 0.235. The summed E-state index contributed by atoms with van der Waals surface area (Å²) in [7, 11) is 0. The largest absolute Gasteiger partial charge is 0.335 e. The Balaban J connectivity index is 1.65. The number of carbonyl (C=O) groups is 1. The van der Waals surface area contributed by atoms with Crippen LogP contribution in [0.1, 0.15) is 31.2 Å². The first-order valence-corrected chi connectivity index (χ1v) is 7.38. The Morgan fingerprint density at radius 2 is 2.00 bits per heavy atom. The van der Waals surface area contributed by atoms with Crippen molar-refractivity contribution in [3.05, 3.63) is 46.2 Å². The van der Waals surface area contributed by atoms with E-state index in [4.69, 9.17) is 0 Å². The lowest BCUT2D eigenvalue weighted by atomic mass is 10.1. The van der Waals surface area contributed by atoms with Gasteiger partial charge >= 0.3 is 6.03 Å². The Morgan fingerprint density at radius 3 is 2.81 bits per heavy atom. The van der Waals surface area contributed by atoms with Gasteiger partial charge in [-0.05, 0) is 30.4 Å². The van der Waals surface area contributed by atoms with Gasteiger partial charge < -0.3 is 15.6 Å². The van der Waals surface area contributed by atoms with Crippen LogP contribution in [0.25, 0.3) is 10.9 Å². The molecule has 1 heterocycles. The van der Waals surface area contributed by atoms with Gasteiger partial charge in [-0.1, -0.05) is 31.0 Å². The van der Waals surface area contributed by atoms with Crippen LogP contribution in [0.15, 0.2) is 35.1 Å². The summed E-state index contributed by atoms with van der Waals surface area (Å²) in [5.41, 5.74) is 1.21. The van der Waals surface area contributed by atoms with Gasteiger partial charge in [0.1, 0.15) is 0 Å². The van der Waals surface area contributed by atoms with Gasteiger partial charge in [0.2, 0.25) is 0 Å². The van der Waals surface area contributed by atoms with Crippen LogP contribution in [0.3, 0.4) is 0 Å². The average molecular weight is 285 g/mol. The molecule has 1 aromatic heterocycles. The van der Waals surface area contributed by atoms with Crippen molar-refractivity contribution >= 4 is 16.9 Å². The number of amides is 2. The van der Waals surface area contributed by atoms with Crippen molar-refractivity contribution in [3.63, 3.8) is 0 Å². The molecule has 1 fully saturated rings. The summed E-state index contributed by atoms with van der Waals surface area (Å²) in [5, 5.41) is 6.67. The second-order valence-corrected chi connectivity index (χ2v) is 5.52. The molecule has 0 aliphatic heterocycles. The number of urea groups is 1. The summed E-state index contributed by atoms with van der Waals surface area (Å²) in [4.78, 5) is 26.6. The number of H-pyrrole nitrogens is 1. The van der Waals surface area contributed by atoms with Crippen molar-refractivity contribution in [1.29, 1.82) is 0 Å². The molecule has 1 aliphatic rings. The lowest BCUT2D eigenvalue weighted by Crippen LogP contribution is -2.41. The molecule has 21 heavy (non-hydrogen) atoms. The number of rotatable bonds is 3. The zero-order valence-corrected chi connectivity index (χ0v) is 11.8. The van der Waals surface area contributed by atoms with Crippen molar-refractivity contribution in [2.45, 2.75) is 38.3 Å². The second-order valence-electron chi connectivity index (χ2n) is 5.52. The van der Waals surface area contributed by atoms with Crippen LogP contribution in [-0.4, -0.2) is 17.1 Å². The summed E-state index contributed by atoms with van der Waals surface area (Å²) >= 11 is 0. The third-order valence-corrected chi connectivity index (χ3v) is 3.96. The number of fused-ring (bicyclic) bond motifs is 1. The molecule has 0 spiro atoms. The quantitative estimate of drug-likeness (QED) is 0.809.